The van der Waals surface area contributed by atoms with E-state index in [1.54, 1.807) is 0 Å². The number of nitrogens with one attached hydrogen (secondary N) is 1. The average molecular weight is 305 g/mol. The second kappa shape index (κ2) is 6.03. The van der Waals surface area contributed by atoms with Crippen LogP contribution in [0.4, 0.5) is 0 Å². The maximum Gasteiger partial charge on any atom is 0.356 e. The first-order chi connectivity index (χ1) is 10.6. The number of hydrogen-bond acceptors (Lipinski definition) is 3. The zero-order valence-electron chi connectivity index (χ0n) is 13.7. The molecule has 2 aliphatic rings. The normalized spacial score (nSPS) is 22.9. The highest BCUT2D eigenvalue weighted by Gasteiger charge is 2.36. The van der Waals surface area contributed by atoms with Crippen LogP contribution < -0.4 is 5.32 Å². The van der Waals surface area contributed by atoms with E-state index in [1.807, 2.05) is 11.6 Å². The van der Waals surface area contributed by atoms with Gasteiger partial charge in [0.25, 0.3) is 0 Å². The second-order valence-electron chi connectivity index (χ2n) is 6.92. The highest BCUT2D eigenvalue weighted by Crippen LogP contribution is 2.43. The summed E-state index contributed by atoms with van der Waals surface area (Å²) >= 11 is 0. The second-order valence-corrected chi connectivity index (χ2v) is 6.92. The van der Waals surface area contributed by atoms with E-state index in [1.165, 1.54) is 25.7 Å². The molecule has 3 rings (SSSR count). The number of hydrogen-bond donors (Lipinski definition) is 2. The number of carbonyl (C=O) groups is 1. The van der Waals surface area contributed by atoms with Gasteiger partial charge in [-0.1, -0.05) is 13.3 Å². The molecule has 1 atom stereocenters. The minimum Gasteiger partial charge on any atom is -0.476 e. The number of aromatic carboxylic acids is 1. The summed E-state index contributed by atoms with van der Waals surface area (Å²) in [4.78, 5) is 11.4. The van der Waals surface area contributed by atoms with Gasteiger partial charge >= 0.3 is 5.97 Å². The summed E-state index contributed by atoms with van der Waals surface area (Å²) in [7, 11) is 0. The van der Waals surface area contributed by atoms with Gasteiger partial charge in [0.05, 0.1) is 0 Å². The molecule has 1 saturated carbocycles. The van der Waals surface area contributed by atoms with Gasteiger partial charge in [-0.3, -0.25) is 4.68 Å². The van der Waals surface area contributed by atoms with Crippen molar-refractivity contribution in [2.45, 2.75) is 71.4 Å². The SMILES string of the molecule is CCn1nc(C(=O)O)c2c1CCC(NCC1(CC)CCC1)C2. The first kappa shape index (κ1) is 15.5. The molecule has 0 amide bonds. The fraction of sp³-hybridized carbons (Fsp3) is 0.765. The van der Waals surface area contributed by atoms with Crippen molar-refractivity contribution < 1.29 is 9.90 Å². The average Bonchev–Trinajstić information content (AvgIpc) is 2.85. The Morgan fingerprint density at radius 1 is 1.45 bits per heavy atom. The van der Waals surface area contributed by atoms with Crippen LogP contribution in [0.3, 0.4) is 0 Å². The quantitative estimate of drug-likeness (QED) is 0.848. The van der Waals surface area contributed by atoms with Crippen LogP contribution in [0.15, 0.2) is 0 Å². The lowest BCUT2D eigenvalue weighted by Gasteiger charge is -2.43. The van der Waals surface area contributed by atoms with Crippen LogP contribution in [-0.2, 0) is 19.4 Å². The largest absolute Gasteiger partial charge is 0.476 e. The summed E-state index contributed by atoms with van der Waals surface area (Å²) in [6.45, 7) is 6.12. The van der Waals surface area contributed by atoms with Crippen molar-refractivity contribution in [3.05, 3.63) is 17.0 Å². The van der Waals surface area contributed by atoms with Gasteiger partial charge < -0.3 is 10.4 Å². The van der Waals surface area contributed by atoms with E-state index in [-0.39, 0.29) is 5.69 Å². The maximum absolute atomic E-state index is 11.4. The standard InChI is InChI=1S/C17H27N3O2/c1-3-17(8-5-9-17)11-18-12-6-7-14-13(10-12)15(16(21)22)19-20(14)4-2/h12,18H,3-11H2,1-2H3,(H,21,22). The molecule has 5 heteroatoms. The van der Waals surface area contributed by atoms with Crippen molar-refractivity contribution in [3.63, 3.8) is 0 Å². The van der Waals surface area contributed by atoms with E-state index in [0.717, 1.165) is 43.6 Å². The van der Waals surface area contributed by atoms with Crippen LogP contribution >= 0.6 is 0 Å². The Labute approximate surface area is 132 Å². The number of fused-ring (bicyclic) bond motifs is 1. The lowest BCUT2D eigenvalue weighted by molar-refractivity contribution is 0.0688. The predicted molar refractivity (Wildman–Crippen MR) is 85.3 cm³/mol. The Hall–Kier alpha value is -1.36. The molecule has 2 N–H and O–H groups in total. The lowest BCUT2D eigenvalue weighted by Crippen LogP contribution is -2.45. The molecule has 1 heterocycles. The molecule has 0 bridgehead atoms. The van der Waals surface area contributed by atoms with Gasteiger partial charge in [-0.05, 0) is 50.9 Å². The highest BCUT2D eigenvalue weighted by atomic mass is 16.4. The number of rotatable bonds is 6. The summed E-state index contributed by atoms with van der Waals surface area (Å²) < 4.78 is 1.87. The van der Waals surface area contributed by atoms with Crippen LogP contribution in [0.5, 0.6) is 0 Å². The number of aromatic nitrogens is 2. The Balaban J connectivity index is 1.70. The summed E-state index contributed by atoms with van der Waals surface area (Å²) in [6, 6.07) is 0.393. The third-order valence-electron chi connectivity index (χ3n) is 5.78. The predicted octanol–water partition coefficient (Wildman–Crippen LogP) is 2.63. The van der Waals surface area contributed by atoms with Crippen molar-refractivity contribution >= 4 is 5.97 Å². The molecule has 0 spiro atoms. The first-order valence-corrected chi connectivity index (χ1v) is 8.64. The molecule has 0 aliphatic heterocycles. The van der Waals surface area contributed by atoms with Gasteiger partial charge in [0.15, 0.2) is 5.69 Å². The van der Waals surface area contributed by atoms with Crippen LogP contribution in [0.25, 0.3) is 0 Å². The van der Waals surface area contributed by atoms with E-state index in [9.17, 15) is 9.90 Å². The lowest BCUT2D eigenvalue weighted by atomic mass is 9.67. The number of aryl methyl sites for hydroxylation is 1. The minimum absolute atomic E-state index is 0.261. The molecule has 122 valence electrons. The molecular weight excluding hydrogens is 278 g/mol. The van der Waals surface area contributed by atoms with Crippen molar-refractivity contribution in [1.82, 2.24) is 15.1 Å². The molecule has 0 radical (unpaired) electrons. The highest BCUT2D eigenvalue weighted by molar-refractivity contribution is 5.87. The molecular formula is C17H27N3O2. The van der Waals surface area contributed by atoms with E-state index in [2.05, 4.69) is 17.3 Å². The third kappa shape index (κ3) is 2.67. The molecule has 0 aromatic carbocycles. The number of carboxylic acid groups (broad SMARTS) is 1. The van der Waals surface area contributed by atoms with Crippen LogP contribution in [0.1, 0.15) is 67.7 Å². The van der Waals surface area contributed by atoms with Crippen molar-refractivity contribution in [2.75, 3.05) is 6.54 Å². The van der Waals surface area contributed by atoms with Gasteiger partial charge in [0.2, 0.25) is 0 Å². The van der Waals surface area contributed by atoms with Gasteiger partial charge in [-0.2, -0.15) is 5.10 Å². The summed E-state index contributed by atoms with van der Waals surface area (Å²) in [5.74, 6) is -0.895. The van der Waals surface area contributed by atoms with Crippen molar-refractivity contribution in [3.8, 4) is 0 Å². The van der Waals surface area contributed by atoms with Gasteiger partial charge in [0, 0.05) is 30.4 Å². The molecule has 1 unspecified atom stereocenters. The Kier molecular flexibility index (Phi) is 4.26. The molecule has 1 aromatic rings. The minimum atomic E-state index is -0.895. The summed E-state index contributed by atoms with van der Waals surface area (Å²) in [5, 5.41) is 17.4. The number of carboxylic acids is 1. The fourth-order valence-corrected chi connectivity index (χ4v) is 3.99. The molecule has 22 heavy (non-hydrogen) atoms. The Morgan fingerprint density at radius 3 is 2.77 bits per heavy atom. The van der Waals surface area contributed by atoms with Gasteiger partial charge in [-0.15, -0.1) is 0 Å². The van der Waals surface area contributed by atoms with Gasteiger partial charge in [0.1, 0.15) is 0 Å². The zero-order chi connectivity index (χ0) is 15.7. The molecule has 1 aromatic heterocycles. The van der Waals surface area contributed by atoms with Crippen LogP contribution in [0, 0.1) is 5.41 Å². The van der Waals surface area contributed by atoms with Crippen LogP contribution in [-0.4, -0.2) is 33.4 Å². The Bertz CT molecular complexity index is 555. The topological polar surface area (TPSA) is 67.2 Å². The van der Waals surface area contributed by atoms with E-state index in [4.69, 9.17) is 0 Å². The molecule has 1 fully saturated rings. The van der Waals surface area contributed by atoms with Crippen LogP contribution in [0.2, 0.25) is 0 Å². The fourth-order valence-electron chi connectivity index (χ4n) is 3.99. The van der Waals surface area contributed by atoms with Crippen molar-refractivity contribution in [2.24, 2.45) is 5.41 Å². The first-order valence-electron chi connectivity index (χ1n) is 8.64. The third-order valence-corrected chi connectivity index (χ3v) is 5.78. The van der Waals surface area contributed by atoms with Crippen molar-refractivity contribution in [1.29, 1.82) is 0 Å². The van der Waals surface area contributed by atoms with Gasteiger partial charge in [-0.25, -0.2) is 4.79 Å². The smallest absolute Gasteiger partial charge is 0.356 e. The van der Waals surface area contributed by atoms with E-state index >= 15 is 0 Å². The Morgan fingerprint density at radius 2 is 2.23 bits per heavy atom. The molecule has 2 aliphatic carbocycles. The number of nitrogens with zero attached hydrogens (tertiary/aromatic N) is 2. The maximum atomic E-state index is 11.4. The van der Waals surface area contributed by atoms with E-state index < -0.39 is 5.97 Å². The monoisotopic (exact) mass is 305 g/mol. The van der Waals surface area contributed by atoms with E-state index in [0.29, 0.717) is 11.5 Å². The molecule has 0 saturated heterocycles. The summed E-state index contributed by atoms with van der Waals surface area (Å²) in [5.41, 5.74) is 2.85. The molecule has 5 nitrogen and oxygen atoms in total. The summed E-state index contributed by atoms with van der Waals surface area (Å²) in [6.07, 6.45) is 8.09. The zero-order valence-corrected chi connectivity index (χ0v) is 13.7.